The minimum Gasteiger partial charge on any atom is -0.318 e. The quantitative estimate of drug-likeness (QED) is 0.500. The van der Waals surface area contributed by atoms with Gasteiger partial charge >= 0.3 is 12.2 Å². The van der Waals surface area contributed by atoms with Crippen LogP contribution in [0.4, 0.5) is 28.0 Å². The number of rotatable bonds is 2. The summed E-state index contributed by atoms with van der Waals surface area (Å²) in [6.07, 6.45) is -3.59. The van der Waals surface area contributed by atoms with Gasteiger partial charge in [0.1, 0.15) is 5.82 Å². The number of nitrogens with one attached hydrogen (secondary N) is 1. The number of carbonyl (C=O) groups excluding carboxylic acids is 1. The lowest BCUT2D eigenvalue weighted by Gasteiger charge is -2.32. The highest BCUT2D eigenvalue weighted by Gasteiger charge is 2.58. The zero-order valence-electron chi connectivity index (χ0n) is 10.7. The topological polar surface area (TPSA) is 32.3 Å². The van der Waals surface area contributed by atoms with Gasteiger partial charge in [-0.05, 0) is 18.2 Å². The third kappa shape index (κ3) is 2.70. The third-order valence-corrected chi connectivity index (χ3v) is 3.68. The number of halogens is 5. The van der Waals surface area contributed by atoms with Crippen molar-refractivity contribution in [1.82, 2.24) is 4.90 Å². The van der Waals surface area contributed by atoms with Gasteiger partial charge in [0, 0.05) is 17.8 Å². The molecule has 0 spiro atoms. The highest BCUT2D eigenvalue weighted by molar-refractivity contribution is 6.26. The van der Waals surface area contributed by atoms with E-state index in [0.717, 1.165) is 17.0 Å². The van der Waals surface area contributed by atoms with Crippen molar-refractivity contribution < 1.29 is 22.4 Å². The van der Waals surface area contributed by atoms with E-state index in [0.29, 0.717) is 6.07 Å². The predicted octanol–water partition coefficient (Wildman–Crippen LogP) is 3.86. The minimum absolute atomic E-state index is 0.118. The molecule has 0 fully saturated rings. The summed E-state index contributed by atoms with van der Waals surface area (Å²) in [6.45, 7) is 2.43. The first-order chi connectivity index (χ1) is 9.69. The number of carbonyl (C=O) groups is 1. The lowest BCUT2D eigenvalue weighted by molar-refractivity contribution is -0.167. The first-order valence-corrected chi connectivity index (χ1v) is 6.29. The van der Waals surface area contributed by atoms with Crippen molar-refractivity contribution >= 4 is 23.3 Å². The lowest BCUT2D eigenvalue weighted by Crippen LogP contribution is -2.47. The van der Waals surface area contributed by atoms with E-state index in [-0.39, 0.29) is 12.2 Å². The van der Waals surface area contributed by atoms with Gasteiger partial charge < -0.3 is 10.2 Å². The zero-order valence-corrected chi connectivity index (χ0v) is 11.4. The number of hydrogen-bond acceptors (Lipinski definition) is 1. The normalized spacial score (nSPS) is 22.3. The highest BCUT2D eigenvalue weighted by atomic mass is 35.5. The van der Waals surface area contributed by atoms with Crippen LogP contribution in [0.2, 0.25) is 0 Å². The van der Waals surface area contributed by atoms with Crippen molar-refractivity contribution in [2.45, 2.75) is 11.1 Å². The molecule has 1 aliphatic heterocycles. The van der Waals surface area contributed by atoms with Crippen LogP contribution in [0.1, 0.15) is 5.56 Å². The van der Waals surface area contributed by atoms with Crippen LogP contribution < -0.4 is 5.32 Å². The maximum Gasteiger partial charge on any atom is 0.413 e. The van der Waals surface area contributed by atoms with Crippen LogP contribution in [0.25, 0.3) is 0 Å². The smallest absolute Gasteiger partial charge is 0.318 e. The van der Waals surface area contributed by atoms with Gasteiger partial charge in [0.25, 0.3) is 0 Å². The number of nitrogens with zero attached hydrogens (tertiary/aromatic N) is 1. The van der Waals surface area contributed by atoms with Crippen molar-refractivity contribution in [2.75, 3.05) is 18.4 Å². The van der Waals surface area contributed by atoms with Crippen molar-refractivity contribution in [3.8, 4) is 0 Å². The van der Waals surface area contributed by atoms with E-state index in [1.54, 1.807) is 0 Å². The number of urea groups is 1. The maximum absolute atomic E-state index is 13.4. The summed E-state index contributed by atoms with van der Waals surface area (Å²) in [5.74, 6) is -0.866. The average molecular weight is 323 g/mol. The first-order valence-electron chi connectivity index (χ1n) is 5.91. The fourth-order valence-corrected chi connectivity index (χ4v) is 2.41. The molecule has 0 radical (unpaired) electrons. The molecule has 1 heterocycles. The van der Waals surface area contributed by atoms with E-state index in [1.165, 1.54) is 6.08 Å². The molecule has 8 heteroatoms. The van der Waals surface area contributed by atoms with Crippen LogP contribution in [-0.4, -0.2) is 30.2 Å². The minimum atomic E-state index is -4.87. The summed E-state index contributed by atoms with van der Waals surface area (Å²) < 4.78 is 53.6. The Kier molecular flexibility index (Phi) is 3.88. The molecule has 3 nitrogen and oxygen atoms in total. The Labute approximate surface area is 123 Å². The van der Waals surface area contributed by atoms with E-state index in [9.17, 15) is 22.4 Å². The monoisotopic (exact) mass is 322 g/mol. The standard InChI is InChI=1S/C13H11ClF4N2O/c1-2-5-20-7-12(14,13(16,17)18)9-6-8(15)3-4-10(9)19-11(20)21/h2-4,6H,1,5,7H2,(H,19,21). The fraction of sp³-hybridized carbons (Fsp3) is 0.308. The fourth-order valence-electron chi connectivity index (χ4n) is 2.11. The van der Waals surface area contributed by atoms with E-state index in [1.807, 2.05) is 0 Å². The van der Waals surface area contributed by atoms with E-state index >= 15 is 0 Å². The second-order valence-electron chi connectivity index (χ2n) is 4.59. The number of benzene rings is 1. The van der Waals surface area contributed by atoms with E-state index in [4.69, 9.17) is 11.6 Å². The van der Waals surface area contributed by atoms with Crippen molar-refractivity contribution in [1.29, 1.82) is 0 Å². The van der Waals surface area contributed by atoms with Gasteiger partial charge in [-0.3, -0.25) is 0 Å². The molecule has 21 heavy (non-hydrogen) atoms. The number of amides is 2. The molecule has 1 atom stereocenters. The average Bonchev–Trinajstić information content (AvgIpc) is 2.48. The molecule has 1 N–H and O–H groups in total. The van der Waals surface area contributed by atoms with E-state index < -0.39 is 35.0 Å². The molecule has 0 saturated heterocycles. The Balaban J connectivity index is 2.63. The number of anilines is 1. The molecule has 0 bridgehead atoms. The molecule has 0 aromatic heterocycles. The Morgan fingerprint density at radius 2 is 2.14 bits per heavy atom. The molecule has 0 aliphatic carbocycles. The summed E-state index contributed by atoms with van der Waals surface area (Å²) in [4.78, 5) is 9.88. The Bertz CT molecular complexity index is 590. The predicted molar refractivity (Wildman–Crippen MR) is 70.8 cm³/mol. The molecule has 0 saturated carbocycles. The highest BCUT2D eigenvalue weighted by Crippen LogP contribution is 2.49. The second-order valence-corrected chi connectivity index (χ2v) is 5.23. The molecular formula is C13H11ClF4N2O. The third-order valence-electron chi connectivity index (χ3n) is 3.14. The van der Waals surface area contributed by atoms with Crippen molar-refractivity contribution in [3.05, 3.63) is 42.2 Å². The Morgan fingerprint density at radius 3 is 2.71 bits per heavy atom. The molecular weight excluding hydrogens is 312 g/mol. The van der Waals surface area contributed by atoms with E-state index in [2.05, 4.69) is 11.9 Å². The number of hydrogen-bond donors (Lipinski definition) is 1. The Hall–Kier alpha value is -1.76. The second kappa shape index (κ2) is 5.22. The molecule has 1 aromatic rings. The zero-order chi connectivity index (χ0) is 15.8. The Morgan fingerprint density at radius 1 is 1.48 bits per heavy atom. The molecule has 2 rings (SSSR count). The van der Waals surface area contributed by atoms with Crippen LogP contribution in [0.3, 0.4) is 0 Å². The van der Waals surface area contributed by atoms with Gasteiger partial charge in [-0.2, -0.15) is 13.2 Å². The van der Waals surface area contributed by atoms with Gasteiger partial charge in [-0.25, -0.2) is 9.18 Å². The molecule has 2 amide bonds. The van der Waals surface area contributed by atoms with Crippen LogP contribution in [0, 0.1) is 5.82 Å². The summed E-state index contributed by atoms with van der Waals surface area (Å²) in [5, 5.41) is 2.30. The molecule has 1 aromatic carbocycles. The van der Waals surface area contributed by atoms with Gasteiger partial charge in [0.05, 0.1) is 6.54 Å². The summed E-state index contributed by atoms with van der Waals surface area (Å²) in [7, 11) is 0. The lowest BCUT2D eigenvalue weighted by atomic mass is 9.95. The van der Waals surface area contributed by atoms with Crippen LogP contribution in [-0.2, 0) is 4.87 Å². The van der Waals surface area contributed by atoms with Crippen molar-refractivity contribution in [3.63, 3.8) is 0 Å². The van der Waals surface area contributed by atoms with Gasteiger partial charge in [-0.15, -0.1) is 18.2 Å². The largest absolute Gasteiger partial charge is 0.413 e. The number of alkyl halides is 4. The molecule has 1 aliphatic rings. The number of fused-ring (bicyclic) bond motifs is 1. The SMILES string of the molecule is C=CCN1CC(Cl)(C(F)(F)F)c2cc(F)ccc2NC1=O. The maximum atomic E-state index is 13.4. The molecule has 114 valence electrons. The van der Waals surface area contributed by atoms with Crippen LogP contribution in [0.5, 0.6) is 0 Å². The van der Waals surface area contributed by atoms with Gasteiger partial charge in [0.15, 0.2) is 4.87 Å². The van der Waals surface area contributed by atoms with Crippen LogP contribution >= 0.6 is 11.6 Å². The molecule has 1 unspecified atom stereocenters. The summed E-state index contributed by atoms with van der Waals surface area (Å²) in [6, 6.07) is 1.95. The first kappa shape index (κ1) is 15.6. The summed E-state index contributed by atoms with van der Waals surface area (Å²) >= 11 is 5.79. The van der Waals surface area contributed by atoms with Crippen LogP contribution in [0.15, 0.2) is 30.9 Å². The van der Waals surface area contributed by atoms with Gasteiger partial charge in [0.2, 0.25) is 0 Å². The summed E-state index contributed by atoms with van der Waals surface area (Å²) in [5.41, 5.74) is -0.683. The van der Waals surface area contributed by atoms with Gasteiger partial charge in [-0.1, -0.05) is 6.08 Å². The van der Waals surface area contributed by atoms with Crippen molar-refractivity contribution in [2.24, 2.45) is 0 Å².